The number of benzene rings is 1. The number of halogens is 2. The van der Waals surface area contributed by atoms with Gasteiger partial charge in [0.25, 0.3) is 0 Å². The third kappa shape index (κ3) is 4.01. The molecule has 1 aliphatic heterocycles. The normalized spacial score (nSPS) is 17.2. The summed E-state index contributed by atoms with van der Waals surface area (Å²) in [5, 5.41) is 2.66. The third-order valence-electron chi connectivity index (χ3n) is 3.85. The maximum absolute atomic E-state index is 12.7. The van der Waals surface area contributed by atoms with Gasteiger partial charge in [0, 0.05) is 17.8 Å². The molecule has 0 spiro atoms. The summed E-state index contributed by atoms with van der Waals surface area (Å²) in [4.78, 5) is 26.3. The fourth-order valence-corrected chi connectivity index (χ4v) is 2.76. The zero-order chi connectivity index (χ0) is 19.3. The predicted octanol–water partition coefficient (Wildman–Crippen LogP) is 3.38. The number of carbonyl (C=O) groups is 2. The van der Waals surface area contributed by atoms with Crippen LogP contribution in [0.15, 0.2) is 48.2 Å². The minimum atomic E-state index is -3.04. The van der Waals surface area contributed by atoms with Crippen LogP contribution in [0.4, 0.5) is 13.6 Å². The number of allylic oxidation sites excluding steroid dienone is 1. The van der Waals surface area contributed by atoms with Crippen LogP contribution in [0.25, 0.3) is 0 Å². The van der Waals surface area contributed by atoms with Crippen LogP contribution in [0.2, 0.25) is 0 Å². The number of hydrogen-bond donors (Lipinski definition) is 1. The highest BCUT2D eigenvalue weighted by molar-refractivity contribution is 5.95. The van der Waals surface area contributed by atoms with Gasteiger partial charge in [-0.15, -0.1) is 6.58 Å². The molecule has 2 amide bonds. The summed E-state index contributed by atoms with van der Waals surface area (Å²) in [5.41, 5.74) is 0.754. The van der Waals surface area contributed by atoms with E-state index in [1.807, 2.05) is 0 Å². The average Bonchev–Trinajstić information content (AvgIpc) is 2.58. The van der Waals surface area contributed by atoms with Crippen molar-refractivity contribution in [1.29, 1.82) is 0 Å². The molecule has 1 aromatic carbocycles. The van der Waals surface area contributed by atoms with Crippen molar-refractivity contribution in [1.82, 2.24) is 10.2 Å². The lowest BCUT2D eigenvalue weighted by molar-refractivity contribution is -0.139. The lowest BCUT2D eigenvalue weighted by Crippen LogP contribution is -2.48. The van der Waals surface area contributed by atoms with Gasteiger partial charge < -0.3 is 14.8 Å². The van der Waals surface area contributed by atoms with Gasteiger partial charge in [0.05, 0.1) is 18.2 Å². The van der Waals surface area contributed by atoms with Gasteiger partial charge in [-0.3, -0.25) is 4.90 Å². The quantitative estimate of drug-likeness (QED) is 0.593. The van der Waals surface area contributed by atoms with Crippen molar-refractivity contribution in [2.45, 2.75) is 26.5 Å². The molecule has 2 rings (SSSR count). The molecule has 0 aliphatic carbocycles. The van der Waals surface area contributed by atoms with E-state index in [1.54, 1.807) is 19.9 Å². The Morgan fingerprint density at radius 1 is 1.42 bits per heavy atom. The second-order valence-corrected chi connectivity index (χ2v) is 5.42. The number of amides is 2. The smallest absolute Gasteiger partial charge is 0.387 e. The first-order valence-corrected chi connectivity index (χ1v) is 8.01. The summed E-state index contributed by atoms with van der Waals surface area (Å²) in [5.74, 6) is -0.768. The Kier molecular flexibility index (Phi) is 6.32. The fourth-order valence-electron chi connectivity index (χ4n) is 2.76. The van der Waals surface area contributed by atoms with E-state index in [4.69, 9.17) is 4.74 Å². The Hall–Kier alpha value is -2.90. The first-order valence-electron chi connectivity index (χ1n) is 8.01. The van der Waals surface area contributed by atoms with Crippen molar-refractivity contribution in [3.63, 3.8) is 0 Å². The van der Waals surface area contributed by atoms with Gasteiger partial charge in [0.2, 0.25) is 0 Å². The van der Waals surface area contributed by atoms with E-state index in [0.717, 1.165) is 0 Å². The minimum Gasteiger partial charge on any atom is -0.463 e. The van der Waals surface area contributed by atoms with E-state index in [0.29, 0.717) is 5.70 Å². The van der Waals surface area contributed by atoms with Crippen LogP contribution < -0.4 is 10.1 Å². The molecule has 8 heteroatoms. The first-order chi connectivity index (χ1) is 12.4. The highest BCUT2D eigenvalue weighted by atomic mass is 19.3. The van der Waals surface area contributed by atoms with Crippen molar-refractivity contribution in [3.05, 3.63) is 53.8 Å². The lowest BCUT2D eigenvalue weighted by Gasteiger charge is -2.35. The van der Waals surface area contributed by atoms with Crippen molar-refractivity contribution in [2.24, 2.45) is 0 Å². The fraction of sp³-hybridized carbons (Fsp3) is 0.333. The molecule has 0 fully saturated rings. The van der Waals surface area contributed by atoms with Crippen LogP contribution in [0.3, 0.4) is 0 Å². The molecular formula is C18H20F2N2O4. The van der Waals surface area contributed by atoms with Crippen molar-refractivity contribution < 1.29 is 27.8 Å². The van der Waals surface area contributed by atoms with E-state index in [-0.39, 0.29) is 30.0 Å². The molecule has 6 nitrogen and oxygen atoms in total. The van der Waals surface area contributed by atoms with Gasteiger partial charge in [-0.2, -0.15) is 8.78 Å². The van der Waals surface area contributed by atoms with Crippen molar-refractivity contribution in [2.75, 3.05) is 13.2 Å². The van der Waals surface area contributed by atoms with Crippen LogP contribution in [0.5, 0.6) is 5.75 Å². The molecule has 0 saturated carbocycles. The number of nitrogens with one attached hydrogen (secondary N) is 1. The summed E-state index contributed by atoms with van der Waals surface area (Å²) >= 11 is 0. The van der Waals surface area contributed by atoms with Gasteiger partial charge in [-0.1, -0.05) is 24.3 Å². The molecule has 1 atom stereocenters. The number of para-hydroxylation sites is 1. The Balaban J connectivity index is 2.57. The zero-order valence-corrected chi connectivity index (χ0v) is 14.5. The highest BCUT2D eigenvalue weighted by Crippen LogP contribution is 2.36. The third-order valence-corrected chi connectivity index (χ3v) is 3.85. The summed E-state index contributed by atoms with van der Waals surface area (Å²) in [7, 11) is 0. The van der Waals surface area contributed by atoms with Crippen LogP contribution >= 0.6 is 0 Å². The van der Waals surface area contributed by atoms with Gasteiger partial charge in [0.15, 0.2) is 0 Å². The number of nitrogens with zero attached hydrogens (tertiary/aromatic N) is 1. The second kappa shape index (κ2) is 8.46. The van der Waals surface area contributed by atoms with Gasteiger partial charge >= 0.3 is 18.6 Å². The van der Waals surface area contributed by atoms with Crippen LogP contribution in [0, 0.1) is 0 Å². The molecule has 0 aromatic heterocycles. The molecule has 0 saturated heterocycles. The number of hydrogen-bond acceptors (Lipinski definition) is 4. The first kappa shape index (κ1) is 19.4. The van der Waals surface area contributed by atoms with E-state index in [9.17, 15) is 18.4 Å². The Morgan fingerprint density at radius 2 is 2.12 bits per heavy atom. The van der Waals surface area contributed by atoms with E-state index in [2.05, 4.69) is 16.6 Å². The van der Waals surface area contributed by atoms with E-state index >= 15 is 0 Å². The number of esters is 1. The lowest BCUT2D eigenvalue weighted by atomic mass is 9.94. The number of urea groups is 1. The van der Waals surface area contributed by atoms with Crippen LogP contribution in [0.1, 0.15) is 25.5 Å². The Morgan fingerprint density at radius 3 is 2.73 bits per heavy atom. The van der Waals surface area contributed by atoms with Crippen LogP contribution in [-0.4, -0.2) is 36.7 Å². The maximum Gasteiger partial charge on any atom is 0.387 e. The van der Waals surface area contributed by atoms with Crippen LogP contribution in [-0.2, 0) is 9.53 Å². The minimum absolute atomic E-state index is 0.125. The molecule has 1 heterocycles. The molecule has 140 valence electrons. The van der Waals surface area contributed by atoms with Crippen molar-refractivity contribution >= 4 is 12.0 Å². The molecular weight excluding hydrogens is 346 g/mol. The second-order valence-electron chi connectivity index (χ2n) is 5.42. The monoisotopic (exact) mass is 366 g/mol. The number of alkyl halides is 2. The molecule has 26 heavy (non-hydrogen) atoms. The molecule has 0 bridgehead atoms. The highest BCUT2D eigenvalue weighted by Gasteiger charge is 2.37. The van der Waals surface area contributed by atoms with E-state index in [1.165, 1.54) is 29.2 Å². The molecule has 1 aromatic rings. The topological polar surface area (TPSA) is 67.9 Å². The number of ether oxygens (including phenoxy) is 2. The summed E-state index contributed by atoms with van der Waals surface area (Å²) in [6, 6.07) is 4.54. The molecule has 1 N–H and O–H groups in total. The largest absolute Gasteiger partial charge is 0.463 e. The van der Waals surface area contributed by atoms with Crippen molar-refractivity contribution in [3.8, 4) is 5.75 Å². The summed E-state index contributed by atoms with van der Waals surface area (Å²) in [6.07, 6.45) is 1.51. The van der Waals surface area contributed by atoms with Gasteiger partial charge in [0.1, 0.15) is 5.75 Å². The Labute approximate surface area is 150 Å². The summed E-state index contributed by atoms with van der Waals surface area (Å²) in [6.45, 7) is 4.11. The number of carbonyl (C=O) groups excluding carboxylic acids is 2. The van der Waals surface area contributed by atoms with Gasteiger partial charge in [-0.05, 0) is 19.9 Å². The average molecular weight is 366 g/mol. The molecule has 0 unspecified atom stereocenters. The van der Waals surface area contributed by atoms with E-state index < -0.39 is 24.7 Å². The summed E-state index contributed by atoms with van der Waals surface area (Å²) < 4.78 is 35.1. The molecule has 1 aliphatic rings. The predicted molar refractivity (Wildman–Crippen MR) is 90.6 cm³/mol. The Bertz CT molecular complexity index is 734. The van der Waals surface area contributed by atoms with Gasteiger partial charge in [-0.25, -0.2) is 9.59 Å². The molecule has 0 radical (unpaired) electrons. The maximum atomic E-state index is 12.7. The number of rotatable bonds is 7. The standard InChI is InChI=1S/C18H20F2N2O4/c1-4-10-22-11(3)14(16(23)25-5-2)15(21-18(22)24)12-8-6-7-9-13(12)26-17(19)20/h4,6-9,15,17H,1,5,10H2,2-3H3,(H,21,24)/t15-/m0/s1. The zero-order valence-electron chi connectivity index (χ0n) is 14.5. The SMILES string of the molecule is C=CCN1C(=O)N[C@@H](c2ccccc2OC(F)F)C(C(=O)OCC)=C1C.